The van der Waals surface area contributed by atoms with Crippen molar-refractivity contribution in [1.82, 2.24) is 5.43 Å². The zero-order chi connectivity index (χ0) is 17.0. The molecule has 0 heterocycles. The highest BCUT2D eigenvalue weighted by Crippen LogP contribution is 2.31. The minimum Gasteiger partial charge on any atom is -0.484 e. The smallest absolute Gasteiger partial charge is 0.277 e. The van der Waals surface area contributed by atoms with Gasteiger partial charge in [0.25, 0.3) is 5.91 Å². The molecular weight excluding hydrogens is 316 g/mol. The summed E-state index contributed by atoms with van der Waals surface area (Å²) < 4.78 is 5.40. The summed E-state index contributed by atoms with van der Waals surface area (Å²) in [6.07, 6.45) is 1.57. The summed E-state index contributed by atoms with van der Waals surface area (Å²) in [4.78, 5) is 23.5. The minimum absolute atomic E-state index is 0.101. The number of carbonyl (C=O) groups is 2. The second kappa shape index (κ2) is 7.13. The van der Waals surface area contributed by atoms with E-state index >= 15 is 0 Å². The molecule has 1 aromatic carbocycles. The standard InChI is InChI=1S/C17H21ClN2O3/c1-11-6-14(4-5-15(11)18)23-10-16(22)20-19-12-7-13(21)9-17(2,3)8-12/h4-6H,7-10H2,1-3H3,(H,20,22). The summed E-state index contributed by atoms with van der Waals surface area (Å²) >= 11 is 5.93. The first-order chi connectivity index (χ1) is 10.7. The molecule has 2 rings (SSSR count). The average molecular weight is 337 g/mol. The number of nitrogens with one attached hydrogen (secondary N) is 1. The van der Waals surface area contributed by atoms with Crippen LogP contribution in [0.15, 0.2) is 23.3 Å². The number of Topliss-reactive ketones (excluding diaryl/α,β-unsaturated/α-hetero) is 1. The van der Waals surface area contributed by atoms with Gasteiger partial charge in [-0.05, 0) is 42.5 Å². The van der Waals surface area contributed by atoms with Crippen molar-refractivity contribution in [2.75, 3.05) is 6.61 Å². The zero-order valence-electron chi connectivity index (χ0n) is 13.6. The zero-order valence-corrected chi connectivity index (χ0v) is 14.4. The third-order valence-corrected chi connectivity index (χ3v) is 4.02. The van der Waals surface area contributed by atoms with Crippen LogP contribution in [0.3, 0.4) is 0 Å². The van der Waals surface area contributed by atoms with Gasteiger partial charge in [0.1, 0.15) is 11.5 Å². The van der Waals surface area contributed by atoms with Crippen molar-refractivity contribution in [3.8, 4) is 5.75 Å². The molecule has 6 heteroatoms. The number of hydrazone groups is 1. The molecule has 1 fully saturated rings. The number of carbonyl (C=O) groups excluding carboxylic acids is 2. The molecule has 1 aromatic rings. The highest BCUT2D eigenvalue weighted by atomic mass is 35.5. The molecule has 1 aliphatic carbocycles. The lowest BCUT2D eigenvalue weighted by molar-refractivity contribution is -0.123. The average Bonchev–Trinajstić information content (AvgIpc) is 2.44. The lowest BCUT2D eigenvalue weighted by atomic mass is 9.76. The van der Waals surface area contributed by atoms with Gasteiger partial charge in [-0.3, -0.25) is 9.59 Å². The molecule has 0 aliphatic heterocycles. The maximum absolute atomic E-state index is 11.8. The van der Waals surface area contributed by atoms with Gasteiger partial charge in [0.15, 0.2) is 6.61 Å². The molecule has 23 heavy (non-hydrogen) atoms. The molecule has 0 aromatic heterocycles. The van der Waals surface area contributed by atoms with Gasteiger partial charge in [-0.25, -0.2) is 5.43 Å². The van der Waals surface area contributed by atoms with E-state index in [0.29, 0.717) is 35.7 Å². The Morgan fingerprint density at radius 1 is 1.39 bits per heavy atom. The largest absolute Gasteiger partial charge is 0.484 e. The second-order valence-electron chi connectivity index (χ2n) is 6.65. The number of nitrogens with zero attached hydrogens (tertiary/aromatic N) is 1. The fourth-order valence-electron chi connectivity index (χ4n) is 2.61. The van der Waals surface area contributed by atoms with Crippen LogP contribution in [-0.2, 0) is 9.59 Å². The molecule has 0 unspecified atom stereocenters. The number of halogens is 1. The van der Waals surface area contributed by atoms with E-state index in [1.54, 1.807) is 18.2 Å². The van der Waals surface area contributed by atoms with Crippen molar-refractivity contribution in [3.63, 3.8) is 0 Å². The fourth-order valence-corrected chi connectivity index (χ4v) is 2.73. The lowest BCUT2D eigenvalue weighted by Crippen LogP contribution is -2.32. The first-order valence-electron chi connectivity index (χ1n) is 7.50. The SMILES string of the molecule is Cc1cc(OCC(=O)NN=C2CC(=O)CC(C)(C)C2)ccc1Cl. The molecule has 0 bridgehead atoms. The second-order valence-corrected chi connectivity index (χ2v) is 7.05. The van der Waals surface area contributed by atoms with Crippen LogP contribution in [0, 0.1) is 12.3 Å². The Balaban J connectivity index is 1.86. The van der Waals surface area contributed by atoms with Gasteiger partial charge in [-0.15, -0.1) is 0 Å². The van der Waals surface area contributed by atoms with Gasteiger partial charge >= 0.3 is 0 Å². The number of ether oxygens (including phenoxy) is 1. The van der Waals surface area contributed by atoms with Crippen LogP contribution in [0.25, 0.3) is 0 Å². The quantitative estimate of drug-likeness (QED) is 0.858. The van der Waals surface area contributed by atoms with E-state index in [9.17, 15) is 9.59 Å². The van der Waals surface area contributed by atoms with Crippen LogP contribution < -0.4 is 10.2 Å². The highest BCUT2D eigenvalue weighted by molar-refractivity contribution is 6.31. The summed E-state index contributed by atoms with van der Waals surface area (Å²) in [5.74, 6) is 0.367. The van der Waals surface area contributed by atoms with Crippen LogP contribution in [0.4, 0.5) is 0 Å². The Kier molecular flexibility index (Phi) is 5.42. The van der Waals surface area contributed by atoms with Crippen LogP contribution in [0.2, 0.25) is 5.02 Å². The van der Waals surface area contributed by atoms with E-state index in [2.05, 4.69) is 10.5 Å². The van der Waals surface area contributed by atoms with Gasteiger partial charge in [0.2, 0.25) is 0 Å². The lowest BCUT2D eigenvalue weighted by Gasteiger charge is -2.28. The molecule has 1 saturated carbocycles. The monoisotopic (exact) mass is 336 g/mol. The van der Waals surface area contributed by atoms with Crippen LogP contribution >= 0.6 is 11.6 Å². The number of aryl methyl sites for hydroxylation is 1. The molecule has 1 amide bonds. The topological polar surface area (TPSA) is 67.8 Å². The Bertz CT molecular complexity index is 653. The molecule has 1 aliphatic rings. The molecule has 5 nitrogen and oxygen atoms in total. The summed E-state index contributed by atoms with van der Waals surface area (Å²) in [6, 6.07) is 5.20. The minimum atomic E-state index is -0.360. The number of hydrogen-bond acceptors (Lipinski definition) is 4. The number of benzene rings is 1. The van der Waals surface area contributed by atoms with E-state index in [-0.39, 0.29) is 23.7 Å². The van der Waals surface area contributed by atoms with Gasteiger partial charge < -0.3 is 4.74 Å². The van der Waals surface area contributed by atoms with Crippen LogP contribution in [-0.4, -0.2) is 24.0 Å². The van der Waals surface area contributed by atoms with Crippen molar-refractivity contribution in [1.29, 1.82) is 0 Å². The van der Waals surface area contributed by atoms with E-state index in [1.165, 1.54) is 0 Å². The van der Waals surface area contributed by atoms with Gasteiger partial charge in [-0.1, -0.05) is 25.4 Å². The maximum atomic E-state index is 11.8. The Labute approximate surface area is 141 Å². The van der Waals surface area contributed by atoms with Gasteiger partial charge in [0.05, 0.1) is 0 Å². The van der Waals surface area contributed by atoms with Gasteiger partial charge in [0, 0.05) is 23.6 Å². The van der Waals surface area contributed by atoms with Crippen molar-refractivity contribution >= 4 is 29.0 Å². The number of ketones is 1. The molecular formula is C17H21ClN2O3. The first kappa shape index (κ1) is 17.5. The van der Waals surface area contributed by atoms with E-state index in [0.717, 1.165) is 5.56 Å². The van der Waals surface area contributed by atoms with Gasteiger partial charge in [-0.2, -0.15) is 5.10 Å². The van der Waals surface area contributed by atoms with E-state index in [4.69, 9.17) is 16.3 Å². The third kappa shape index (κ3) is 5.36. The maximum Gasteiger partial charge on any atom is 0.277 e. The Morgan fingerprint density at radius 3 is 2.78 bits per heavy atom. The van der Waals surface area contributed by atoms with Crippen molar-refractivity contribution in [2.45, 2.75) is 40.0 Å². The van der Waals surface area contributed by atoms with Crippen molar-refractivity contribution in [3.05, 3.63) is 28.8 Å². The molecule has 1 N–H and O–H groups in total. The first-order valence-corrected chi connectivity index (χ1v) is 7.88. The normalized spacial score (nSPS) is 18.8. The highest BCUT2D eigenvalue weighted by Gasteiger charge is 2.30. The molecule has 0 saturated heterocycles. The third-order valence-electron chi connectivity index (χ3n) is 3.60. The Morgan fingerprint density at radius 2 is 2.13 bits per heavy atom. The van der Waals surface area contributed by atoms with E-state index in [1.807, 2.05) is 20.8 Å². The van der Waals surface area contributed by atoms with Crippen molar-refractivity contribution < 1.29 is 14.3 Å². The van der Waals surface area contributed by atoms with E-state index < -0.39 is 0 Å². The molecule has 0 atom stereocenters. The van der Waals surface area contributed by atoms with Crippen molar-refractivity contribution in [2.24, 2.45) is 10.5 Å². The summed E-state index contributed by atoms with van der Waals surface area (Å²) in [7, 11) is 0. The number of hydrogen-bond donors (Lipinski definition) is 1. The molecule has 0 spiro atoms. The summed E-state index contributed by atoms with van der Waals surface area (Å²) in [5.41, 5.74) is 3.94. The number of amides is 1. The van der Waals surface area contributed by atoms with Crippen LogP contribution in [0.5, 0.6) is 5.75 Å². The predicted molar refractivity (Wildman–Crippen MR) is 89.9 cm³/mol. The number of rotatable bonds is 4. The molecule has 124 valence electrons. The molecule has 0 radical (unpaired) electrons. The van der Waals surface area contributed by atoms with Crippen LogP contribution in [0.1, 0.15) is 38.7 Å². The summed E-state index contributed by atoms with van der Waals surface area (Å²) in [5, 5.41) is 4.72. The predicted octanol–water partition coefficient (Wildman–Crippen LogP) is 3.28. The fraction of sp³-hybridized carbons (Fsp3) is 0.471. The summed E-state index contributed by atoms with van der Waals surface area (Å²) in [6.45, 7) is 5.76. The Hall–Kier alpha value is -1.88.